The van der Waals surface area contributed by atoms with Crippen molar-refractivity contribution < 1.29 is 28.5 Å². The molecular formula is C34H34N2O7S. The summed E-state index contributed by atoms with van der Waals surface area (Å²) in [6.07, 6.45) is 1.81. The summed E-state index contributed by atoms with van der Waals surface area (Å²) >= 11 is 1.27. The van der Waals surface area contributed by atoms with Gasteiger partial charge in [-0.2, -0.15) is 0 Å². The third kappa shape index (κ3) is 6.26. The fourth-order valence-electron chi connectivity index (χ4n) is 5.05. The van der Waals surface area contributed by atoms with Crippen LogP contribution in [-0.2, 0) is 16.1 Å². The van der Waals surface area contributed by atoms with Crippen molar-refractivity contribution in [2.75, 3.05) is 27.4 Å². The standard InChI is InChI=1S/C34H34N2O7S/c1-6-41-28-11-9-8-10-26(28)31-30(33(38)42-7-2)21(3)35-34-36(31)32(37)29(44-34)18-22-12-14-24(15-13-22)43-20-23-19-25(39-4)16-17-27(23)40-5/h8-19,31H,6-7,20H2,1-5H3/b29-18-/t31-/m0/s1. The minimum absolute atomic E-state index is 0.201. The van der Waals surface area contributed by atoms with Gasteiger partial charge in [0, 0.05) is 11.1 Å². The van der Waals surface area contributed by atoms with Gasteiger partial charge in [-0.3, -0.25) is 9.36 Å². The van der Waals surface area contributed by atoms with Gasteiger partial charge in [-0.25, -0.2) is 9.79 Å². The Hall–Kier alpha value is -4.83. The summed E-state index contributed by atoms with van der Waals surface area (Å²) < 4.78 is 30.1. The van der Waals surface area contributed by atoms with E-state index >= 15 is 0 Å². The number of para-hydroxylation sites is 1. The van der Waals surface area contributed by atoms with E-state index in [1.165, 1.54) is 11.3 Å². The number of allylic oxidation sites excluding steroid dienone is 1. The van der Waals surface area contributed by atoms with E-state index in [4.69, 9.17) is 23.7 Å². The highest BCUT2D eigenvalue weighted by atomic mass is 32.1. The highest BCUT2D eigenvalue weighted by Gasteiger charge is 2.35. The first-order chi connectivity index (χ1) is 21.4. The topological polar surface area (TPSA) is 97.6 Å². The molecule has 228 valence electrons. The summed E-state index contributed by atoms with van der Waals surface area (Å²) in [7, 11) is 3.23. The number of benzene rings is 3. The van der Waals surface area contributed by atoms with Crippen LogP contribution in [0.4, 0.5) is 0 Å². The van der Waals surface area contributed by atoms with E-state index in [-0.39, 0.29) is 12.2 Å². The molecule has 0 saturated heterocycles. The number of carbonyl (C=O) groups excluding carboxylic acids is 1. The molecule has 0 aliphatic carbocycles. The van der Waals surface area contributed by atoms with Crippen LogP contribution in [0.3, 0.4) is 0 Å². The first-order valence-corrected chi connectivity index (χ1v) is 15.0. The maximum Gasteiger partial charge on any atom is 0.338 e. The third-order valence-corrected chi connectivity index (χ3v) is 8.07. The number of thiazole rings is 1. The van der Waals surface area contributed by atoms with Gasteiger partial charge >= 0.3 is 5.97 Å². The SMILES string of the molecule is CCOC(=O)C1=C(C)N=c2s/c(=C\c3ccc(OCc4cc(OC)ccc4OC)cc3)c(=O)n2[C@H]1c1ccccc1OCC. The van der Waals surface area contributed by atoms with Gasteiger partial charge in [-0.15, -0.1) is 0 Å². The molecular weight excluding hydrogens is 580 g/mol. The van der Waals surface area contributed by atoms with Crippen LogP contribution in [0.1, 0.15) is 43.5 Å². The normalized spacial score (nSPS) is 14.5. The van der Waals surface area contributed by atoms with Crippen molar-refractivity contribution in [1.29, 1.82) is 0 Å². The van der Waals surface area contributed by atoms with Crippen LogP contribution in [0.2, 0.25) is 0 Å². The van der Waals surface area contributed by atoms with Crippen molar-refractivity contribution in [3.63, 3.8) is 0 Å². The fraction of sp³-hybridized carbons (Fsp3) is 0.265. The summed E-state index contributed by atoms with van der Waals surface area (Å²) in [4.78, 5) is 32.3. The van der Waals surface area contributed by atoms with Crippen LogP contribution in [0.25, 0.3) is 6.08 Å². The first-order valence-electron chi connectivity index (χ1n) is 14.2. The van der Waals surface area contributed by atoms with Gasteiger partial charge in [-0.05, 0) is 68.8 Å². The number of esters is 1. The number of ether oxygens (including phenoxy) is 5. The molecule has 1 atom stereocenters. The van der Waals surface area contributed by atoms with Gasteiger partial charge in [-0.1, -0.05) is 41.7 Å². The number of methoxy groups -OCH3 is 2. The van der Waals surface area contributed by atoms with E-state index in [0.29, 0.717) is 56.6 Å². The zero-order chi connectivity index (χ0) is 31.2. The first kappa shape index (κ1) is 30.6. The Kier molecular flexibility index (Phi) is 9.50. The van der Waals surface area contributed by atoms with Gasteiger partial charge in [0.05, 0.1) is 43.2 Å². The number of fused-ring (bicyclic) bond motifs is 1. The summed E-state index contributed by atoms with van der Waals surface area (Å²) in [5.41, 5.74) is 2.91. The minimum Gasteiger partial charge on any atom is -0.497 e. The van der Waals surface area contributed by atoms with E-state index in [1.54, 1.807) is 32.6 Å². The average Bonchev–Trinajstić information content (AvgIpc) is 3.34. The van der Waals surface area contributed by atoms with E-state index in [9.17, 15) is 9.59 Å². The molecule has 9 nitrogen and oxygen atoms in total. The minimum atomic E-state index is -0.750. The zero-order valence-electron chi connectivity index (χ0n) is 25.3. The Morgan fingerprint density at radius 3 is 2.39 bits per heavy atom. The molecule has 0 bridgehead atoms. The number of rotatable bonds is 11. The number of nitrogens with zero attached hydrogens (tertiary/aromatic N) is 2. The molecule has 0 saturated carbocycles. The molecule has 2 heterocycles. The van der Waals surface area contributed by atoms with Crippen molar-refractivity contribution in [1.82, 2.24) is 4.57 Å². The molecule has 1 aliphatic heterocycles. The molecule has 3 aromatic carbocycles. The smallest absolute Gasteiger partial charge is 0.338 e. The number of hydrogen-bond donors (Lipinski definition) is 0. The predicted molar refractivity (Wildman–Crippen MR) is 168 cm³/mol. The van der Waals surface area contributed by atoms with E-state index in [0.717, 1.165) is 16.9 Å². The molecule has 0 spiro atoms. The number of carbonyl (C=O) groups is 1. The molecule has 0 radical (unpaired) electrons. The Morgan fingerprint density at radius 1 is 0.932 bits per heavy atom. The summed E-state index contributed by atoms with van der Waals surface area (Å²) in [6, 6.07) is 19.7. The van der Waals surface area contributed by atoms with Crippen LogP contribution in [0.5, 0.6) is 23.0 Å². The van der Waals surface area contributed by atoms with Crippen molar-refractivity contribution >= 4 is 23.4 Å². The lowest BCUT2D eigenvalue weighted by Crippen LogP contribution is -2.40. The highest BCUT2D eigenvalue weighted by Crippen LogP contribution is 2.36. The highest BCUT2D eigenvalue weighted by molar-refractivity contribution is 7.07. The summed E-state index contributed by atoms with van der Waals surface area (Å²) in [5.74, 6) is 2.17. The molecule has 1 aliphatic rings. The van der Waals surface area contributed by atoms with Crippen LogP contribution in [-0.4, -0.2) is 38.0 Å². The van der Waals surface area contributed by atoms with Crippen LogP contribution in [0, 0.1) is 0 Å². The van der Waals surface area contributed by atoms with Crippen molar-refractivity contribution in [2.45, 2.75) is 33.4 Å². The fourth-order valence-corrected chi connectivity index (χ4v) is 6.09. The zero-order valence-corrected chi connectivity index (χ0v) is 26.1. The number of aromatic nitrogens is 1. The molecule has 0 N–H and O–H groups in total. The molecule has 10 heteroatoms. The molecule has 4 aromatic rings. The van der Waals surface area contributed by atoms with E-state index < -0.39 is 12.0 Å². The molecule has 1 aromatic heterocycles. The van der Waals surface area contributed by atoms with Crippen LogP contribution in [0.15, 0.2) is 87.8 Å². The lowest BCUT2D eigenvalue weighted by atomic mass is 9.95. The monoisotopic (exact) mass is 614 g/mol. The third-order valence-electron chi connectivity index (χ3n) is 7.09. The Bertz CT molecular complexity index is 1870. The van der Waals surface area contributed by atoms with Crippen LogP contribution < -0.4 is 33.8 Å². The Balaban J connectivity index is 1.49. The summed E-state index contributed by atoms with van der Waals surface area (Å²) in [6.45, 7) is 6.33. The predicted octanol–water partition coefficient (Wildman–Crippen LogP) is 4.79. The van der Waals surface area contributed by atoms with E-state index in [1.807, 2.05) is 79.7 Å². The second-order valence-electron chi connectivity index (χ2n) is 9.81. The summed E-state index contributed by atoms with van der Waals surface area (Å²) in [5, 5.41) is 0. The average molecular weight is 615 g/mol. The lowest BCUT2D eigenvalue weighted by Gasteiger charge is -2.26. The van der Waals surface area contributed by atoms with Gasteiger partial charge in [0.1, 0.15) is 35.6 Å². The molecule has 0 fully saturated rings. The maximum atomic E-state index is 14.0. The van der Waals surface area contributed by atoms with Crippen molar-refractivity contribution in [3.05, 3.63) is 114 Å². The quantitative estimate of drug-likeness (QED) is 0.224. The Morgan fingerprint density at radius 2 is 1.68 bits per heavy atom. The largest absolute Gasteiger partial charge is 0.497 e. The van der Waals surface area contributed by atoms with Crippen molar-refractivity contribution in [2.24, 2.45) is 4.99 Å². The Labute approximate surface area is 259 Å². The second-order valence-corrected chi connectivity index (χ2v) is 10.8. The van der Waals surface area contributed by atoms with Gasteiger partial charge in [0.25, 0.3) is 5.56 Å². The van der Waals surface area contributed by atoms with Gasteiger partial charge < -0.3 is 23.7 Å². The number of hydrogen-bond acceptors (Lipinski definition) is 9. The maximum absolute atomic E-state index is 14.0. The van der Waals surface area contributed by atoms with Gasteiger partial charge in [0.2, 0.25) is 0 Å². The molecule has 44 heavy (non-hydrogen) atoms. The second kappa shape index (κ2) is 13.6. The molecule has 0 amide bonds. The van der Waals surface area contributed by atoms with Crippen molar-refractivity contribution in [3.8, 4) is 23.0 Å². The lowest BCUT2D eigenvalue weighted by molar-refractivity contribution is -0.139. The molecule has 0 unspecified atom stereocenters. The molecule has 5 rings (SSSR count). The van der Waals surface area contributed by atoms with E-state index in [2.05, 4.69) is 4.99 Å². The van der Waals surface area contributed by atoms with Crippen LogP contribution >= 0.6 is 11.3 Å². The van der Waals surface area contributed by atoms with Gasteiger partial charge in [0.15, 0.2) is 4.80 Å².